The Balaban J connectivity index is 3.23. The van der Waals surface area contributed by atoms with Crippen LogP contribution >= 0.6 is 15.9 Å². The summed E-state index contributed by atoms with van der Waals surface area (Å²) >= 11 is 3.38. The molecular formula is C13H17BrO4. The molecule has 1 N–H and O–H groups in total. The van der Waals surface area contributed by atoms with Gasteiger partial charge in [-0.1, -0.05) is 15.9 Å². The number of carbonyl (C=O) groups is 1. The van der Waals surface area contributed by atoms with E-state index >= 15 is 0 Å². The van der Waals surface area contributed by atoms with E-state index in [0.717, 1.165) is 10.0 Å². The van der Waals surface area contributed by atoms with Crippen LogP contribution in [0.25, 0.3) is 0 Å². The molecule has 0 aliphatic heterocycles. The van der Waals surface area contributed by atoms with E-state index in [9.17, 15) is 9.90 Å². The molecule has 0 bridgehead atoms. The number of aliphatic carboxylic acids is 1. The fourth-order valence-electron chi connectivity index (χ4n) is 1.69. The van der Waals surface area contributed by atoms with E-state index in [4.69, 9.17) is 9.47 Å². The summed E-state index contributed by atoms with van der Waals surface area (Å²) in [5, 5.41) is 9.18. The predicted octanol–water partition coefficient (Wildman–Crippen LogP) is 3.12. The van der Waals surface area contributed by atoms with E-state index < -0.39 is 11.4 Å². The number of halogens is 1. The summed E-state index contributed by atoms with van der Waals surface area (Å²) in [6, 6.07) is 3.64. The topological polar surface area (TPSA) is 55.8 Å². The third kappa shape index (κ3) is 3.16. The molecule has 0 aliphatic rings. The Labute approximate surface area is 115 Å². The molecule has 4 nitrogen and oxygen atoms in total. The Morgan fingerprint density at radius 1 is 1.33 bits per heavy atom. The maximum absolute atomic E-state index is 11.2. The van der Waals surface area contributed by atoms with Crippen molar-refractivity contribution in [1.82, 2.24) is 0 Å². The normalized spacial score (nSPS) is 11.2. The van der Waals surface area contributed by atoms with Gasteiger partial charge in [0.25, 0.3) is 0 Å². The Morgan fingerprint density at radius 2 is 1.94 bits per heavy atom. The molecule has 0 unspecified atom stereocenters. The molecule has 0 aromatic heterocycles. The number of methoxy groups -OCH3 is 2. The van der Waals surface area contributed by atoms with Gasteiger partial charge in [0.15, 0.2) is 11.5 Å². The largest absolute Gasteiger partial charge is 0.493 e. The summed E-state index contributed by atoms with van der Waals surface area (Å²) in [6.45, 7) is 3.37. The molecule has 1 aromatic carbocycles. The highest BCUT2D eigenvalue weighted by atomic mass is 79.9. The third-order valence-electron chi connectivity index (χ3n) is 2.73. The van der Waals surface area contributed by atoms with Crippen LogP contribution < -0.4 is 9.47 Å². The van der Waals surface area contributed by atoms with Crippen molar-refractivity contribution >= 4 is 21.9 Å². The summed E-state index contributed by atoms with van der Waals surface area (Å²) < 4.78 is 11.4. The van der Waals surface area contributed by atoms with Gasteiger partial charge in [0.2, 0.25) is 0 Å². The van der Waals surface area contributed by atoms with E-state index in [1.165, 1.54) is 0 Å². The highest BCUT2D eigenvalue weighted by Gasteiger charge is 2.29. The summed E-state index contributed by atoms with van der Waals surface area (Å²) in [7, 11) is 3.10. The smallest absolute Gasteiger partial charge is 0.309 e. The molecule has 0 atom stereocenters. The van der Waals surface area contributed by atoms with Gasteiger partial charge in [-0.05, 0) is 32.4 Å². The Bertz CT molecular complexity index is 455. The number of ether oxygens (including phenoxy) is 2. The summed E-state index contributed by atoms with van der Waals surface area (Å²) in [4.78, 5) is 11.2. The van der Waals surface area contributed by atoms with Gasteiger partial charge in [-0.3, -0.25) is 4.79 Å². The van der Waals surface area contributed by atoms with Crippen LogP contribution in [0.2, 0.25) is 0 Å². The molecule has 0 spiro atoms. The van der Waals surface area contributed by atoms with Gasteiger partial charge in [0.05, 0.1) is 19.6 Å². The molecule has 0 aliphatic carbocycles. The molecule has 1 aromatic rings. The minimum atomic E-state index is -0.862. The van der Waals surface area contributed by atoms with Crippen molar-refractivity contribution in [2.75, 3.05) is 14.2 Å². The van der Waals surface area contributed by atoms with Crippen molar-refractivity contribution in [1.29, 1.82) is 0 Å². The van der Waals surface area contributed by atoms with Gasteiger partial charge < -0.3 is 14.6 Å². The van der Waals surface area contributed by atoms with Gasteiger partial charge in [-0.15, -0.1) is 0 Å². The fraction of sp³-hybridized carbons (Fsp3) is 0.462. The molecular weight excluding hydrogens is 300 g/mol. The van der Waals surface area contributed by atoms with E-state index in [2.05, 4.69) is 15.9 Å². The number of carboxylic acid groups (broad SMARTS) is 1. The lowest BCUT2D eigenvalue weighted by atomic mass is 9.85. The zero-order valence-corrected chi connectivity index (χ0v) is 12.5. The second-order valence-corrected chi connectivity index (χ2v) is 5.58. The zero-order chi connectivity index (χ0) is 13.9. The molecule has 0 heterocycles. The minimum absolute atomic E-state index is 0.362. The van der Waals surface area contributed by atoms with Gasteiger partial charge in [0.1, 0.15) is 0 Å². The van der Waals surface area contributed by atoms with Crippen LogP contribution in [-0.2, 0) is 11.2 Å². The SMILES string of the molecule is COc1cc(Br)cc(CC(C)(C)C(=O)O)c1OC. The van der Waals surface area contributed by atoms with Gasteiger partial charge in [-0.25, -0.2) is 0 Å². The first-order valence-corrected chi connectivity index (χ1v) is 6.25. The third-order valence-corrected chi connectivity index (χ3v) is 3.19. The molecule has 0 radical (unpaired) electrons. The number of carboxylic acids is 1. The van der Waals surface area contributed by atoms with Crippen LogP contribution in [-0.4, -0.2) is 25.3 Å². The quantitative estimate of drug-likeness (QED) is 0.906. The van der Waals surface area contributed by atoms with Crippen LogP contribution in [0.15, 0.2) is 16.6 Å². The maximum atomic E-state index is 11.2. The van der Waals surface area contributed by atoms with E-state index in [1.54, 1.807) is 34.1 Å². The second kappa shape index (κ2) is 5.61. The van der Waals surface area contributed by atoms with Gasteiger partial charge >= 0.3 is 5.97 Å². The summed E-state index contributed by atoms with van der Waals surface area (Å²) in [5.41, 5.74) is -0.0601. The lowest BCUT2D eigenvalue weighted by molar-refractivity contribution is -0.146. The first-order chi connectivity index (χ1) is 8.31. The standard InChI is InChI=1S/C13H17BrO4/c1-13(2,12(15)16)7-8-5-9(14)6-10(17-3)11(8)18-4/h5-6H,7H2,1-4H3,(H,15,16). The van der Waals surface area contributed by atoms with E-state index in [0.29, 0.717) is 17.9 Å². The molecule has 0 fully saturated rings. The first-order valence-electron chi connectivity index (χ1n) is 5.45. The van der Waals surface area contributed by atoms with Crippen LogP contribution in [0.1, 0.15) is 19.4 Å². The molecule has 0 saturated heterocycles. The molecule has 0 saturated carbocycles. The number of hydrogen-bond acceptors (Lipinski definition) is 3. The lowest BCUT2D eigenvalue weighted by Crippen LogP contribution is -2.26. The van der Waals surface area contributed by atoms with Gasteiger partial charge in [-0.2, -0.15) is 0 Å². The molecule has 1 rings (SSSR count). The van der Waals surface area contributed by atoms with Crippen LogP contribution in [0, 0.1) is 5.41 Å². The molecule has 18 heavy (non-hydrogen) atoms. The van der Waals surface area contributed by atoms with Crippen molar-refractivity contribution in [2.24, 2.45) is 5.41 Å². The van der Waals surface area contributed by atoms with E-state index in [-0.39, 0.29) is 0 Å². The van der Waals surface area contributed by atoms with Crippen LogP contribution in [0.5, 0.6) is 11.5 Å². The molecule has 100 valence electrons. The highest BCUT2D eigenvalue weighted by molar-refractivity contribution is 9.10. The average molecular weight is 317 g/mol. The first kappa shape index (κ1) is 14.8. The minimum Gasteiger partial charge on any atom is -0.493 e. The molecule has 5 heteroatoms. The van der Waals surface area contributed by atoms with Crippen LogP contribution in [0.3, 0.4) is 0 Å². The maximum Gasteiger partial charge on any atom is 0.309 e. The van der Waals surface area contributed by atoms with E-state index in [1.807, 2.05) is 6.07 Å². The van der Waals surface area contributed by atoms with Crippen molar-refractivity contribution in [2.45, 2.75) is 20.3 Å². The average Bonchev–Trinajstić information content (AvgIpc) is 2.27. The number of hydrogen-bond donors (Lipinski definition) is 1. The number of rotatable bonds is 5. The van der Waals surface area contributed by atoms with Crippen molar-refractivity contribution in [3.63, 3.8) is 0 Å². The Hall–Kier alpha value is -1.23. The number of benzene rings is 1. The zero-order valence-electron chi connectivity index (χ0n) is 10.9. The van der Waals surface area contributed by atoms with Crippen molar-refractivity contribution < 1.29 is 19.4 Å². The summed E-state index contributed by atoms with van der Waals surface area (Å²) in [5.74, 6) is 0.321. The highest BCUT2D eigenvalue weighted by Crippen LogP contribution is 2.37. The summed E-state index contributed by atoms with van der Waals surface area (Å²) in [6.07, 6.45) is 0.362. The Kier molecular flexibility index (Phi) is 4.62. The Morgan fingerprint density at radius 3 is 2.39 bits per heavy atom. The monoisotopic (exact) mass is 316 g/mol. The van der Waals surface area contributed by atoms with Crippen LogP contribution in [0.4, 0.5) is 0 Å². The lowest BCUT2D eigenvalue weighted by Gasteiger charge is -2.21. The predicted molar refractivity (Wildman–Crippen MR) is 72.4 cm³/mol. The molecule has 0 amide bonds. The van der Waals surface area contributed by atoms with Gasteiger partial charge in [0, 0.05) is 10.0 Å². The van der Waals surface area contributed by atoms with Crippen molar-refractivity contribution in [3.05, 3.63) is 22.2 Å². The second-order valence-electron chi connectivity index (χ2n) is 4.67. The van der Waals surface area contributed by atoms with Crippen molar-refractivity contribution in [3.8, 4) is 11.5 Å². The fourth-order valence-corrected chi connectivity index (χ4v) is 2.17.